The molecule has 0 bridgehead atoms. The second kappa shape index (κ2) is 7.47. The lowest BCUT2D eigenvalue weighted by molar-refractivity contribution is -0.115. The van der Waals surface area contributed by atoms with E-state index in [1.807, 2.05) is 31.2 Å². The zero-order valence-corrected chi connectivity index (χ0v) is 15.1. The van der Waals surface area contributed by atoms with Crippen LogP contribution in [0.1, 0.15) is 13.3 Å². The minimum absolute atomic E-state index is 0.136. The van der Waals surface area contributed by atoms with Crippen molar-refractivity contribution >= 4 is 57.7 Å². The van der Waals surface area contributed by atoms with Crippen molar-refractivity contribution in [2.75, 3.05) is 5.32 Å². The Labute approximate surface area is 153 Å². The van der Waals surface area contributed by atoms with Crippen LogP contribution in [0.5, 0.6) is 0 Å². The van der Waals surface area contributed by atoms with Gasteiger partial charge in [0.1, 0.15) is 5.52 Å². The molecule has 3 aromatic rings. The van der Waals surface area contributed by atoms with E-state index >= 15 is 0 Å². The lowest BCUT2D eigenvalue weighted by Gasteiger charge is -2.13. The molecule has 124 valence electrons. The molecule has 0 spiro atoms. The standard InChI is InChI=1S/C17H14Cl2N2O2S/c1-2-15(16(22)20-10-7-8-11(18)12(19)9-10)24-17-21-13-5-3-4-6-14(13)23-17/h3-9,15H,2H2,1H3,(H,20,22). The molecule has 0 aliphatic carbocycles. The highest BCUT2D eigenvalue weighted by molar-refractivity contribution is 8.00. The molecule has 1 aromatic heterocycles. The van der Waals surface area contributed by atoms with Crippen LogP contribution in [0.3, 0.4) is 0 Å². The molecule has 0 aliphatic rings. The number of carbonyl (C=O) groups is 1. The number of oxazole rings is 1. The molecule has 7 heteroatoms. The van der Waals surface area contributed by atoms with Crippen LogP contribution in [0.15, 0.2) is 52.1 Å². The Bertz CT molecular complexity index is 849. The van der Waals surface area contributed by atoms with Crippen LogP contribution in [0, 0.1) is 0 Å². The Morgan fingerprint density at radius 3 is 2.75 bits per heavy atom. The fraction of sp³-hybridized carbons (Fsp3) is 0.176. The van der Waals surface area contributed by atoms with Gasteiger partial charge in [0, 0.05) is 5.69 Å². The Morgan fingerprint density at radius 2 is 2.04 bits per heavy atom. The number of fused-ring (bicyclic) bond motifs is 1. The summed E-state index contributed by atoms with van der Waals surface area (Å²) in [4.78, 5) is 16.9. The normalized spacial score (nSPS) is 12.3. The summed E-state index contributed by atoms with van der Waals surface area (Å²) in [6.07, 6.45) is 0.635. The molecule has 3 rings (SSSR count). The third-order valence-corrected chi connectivity index (χ3v) is 5.31. The molecule has 0 aliphatic heterocycles. The molecule has 1 unspecified atom stereocenters. The third kappa shape index (κ3) is 3.86. The smallest absolute Gasteiger partial charge is 0.257 e. The van der Waals surface area contributed by atoms with Gasteiger partial charge in [-0.05, 0) is 36.8 Å². The maximum atomic E-state index is 12.5. The van der Waals surface area contributed by atoms with E-state index in [-0.39, 0.29) is 11.2 Å². The fourth-order valence-corrected chi connectivity index (χ4v) is 3.31. The Hall–Kier alpha value is -1.69. The monoisotopic (exact) mass is 380 g/mol. The first-order chi connectivity index (χ1) is 11.6. The quantitative estimate of drug-likeness (QED) is 0.581. The van der Waals surface area contributed by atoms with Crippen molar-refractivity contribution < 1.29 is 9.21 Å². The van der Waals surface area contributed by atoms with Gasteiger partial charge >= 0.3 is 0 Å². The molecular weight excluding hydrogens is 367 g/mol. The minimum atomic E-state index is -0.326. The Morgan fingerprint density at radius 1 is 1.25 bits per heavy atom. The number of amides is 1. The number of para-hydroxylation sites is 2. The minimum Gasteiger partial charge on any atom is -0.431 e. The van der Waals surface area contributed by atoms with Crippen molar-refractivity contribution in [3.8, 4) is 0 Å². The largest absolute Gasteiger partial charge is 0.431 e. The predicted octanol–water partition coefficient (Wildman–Crippen LogP) is 5.64. The number of nitrogens with zero attached hydrogens (tertiary/aromatic N) is 1. The second-order valence-corrected chi connectivity index (χ2v) is 7.05. The number of aromatic nitrogens is 1. The molecule has 1 heterocycles. The summed E-state index contributed by atoms with van der Waals surface area (Å²) in [7, 11) is 0. The van der Waals surface area contributed by atoms with E-state index in [0.29, 0.717) is 33.0 Å². The zero-order chi connectivity index (χ0) is 17.1. The molecule has 1 atom stereocenters. The zero-order valence-electron chi connectivity index (χ0n) is 12.8. The molecule has 2 aromatic carbocycles. The van der Waals surface area contributed by atoms with Crippen molar-refractivity contribution in [3.05, 3.63) is 52.5 Å². The van der Waals surface area contributed by atoms with Crippen LogP contribution in [-0.4, -0.2) is 16.1 Å². The lowest BCUT2D eigenvalue weighted by atomic mass is 10.2. The number of hydrogen-bond donors (Lipinski definition) is 1. The van der Waals surface area contributed by atoms with Gasteiger partial charge in [0.15, 0.2) is 5.58 Å². The number of anilines is 1. The van der Waals surface area contributed by atoms with Gasteiger partial charge in [0.05, 0.1) is 15.3 Å². The first-order valence-electron chi connectivity index (χ1n) is 7.35. The van der Waals surface area contributed by atoms with E-state index in [2.05, 4.69) is 10.3 Å². The summed E-state index contributed by atoms with van der Waals surface area (Å²) in [5.41, 5.74) is 2.09. The molecule has 0 fully saturated rings. The van der Waals surface area contributed by atoms with Crippen LogP contribution in [-0.2, 0) is 4.79 Å². The Balaban J connectivity index is 1.72. The molecule has 4 nitrogen and oxygen atoms in total. The van der Waals surface area contributed by atoms with Crippen molar-refractivity contribution in [2.24, 2.45) is 0 Å². The van der Waals surface area contributed by atoms with E-state index in [1.165, 1.54) is 11.8 Å². The molecule has 24 heavy (non-hydrogen) atoms. The fourth-order valence-electron chi connectivity index (χ4n) is 2.14. The molecule has 1 amide bonds. The number of rotatable bonds is 5. The number of thioether (sulfide) groups is 1. The highest BCUT2D eigenvalue weighted by atomic mass is 35.5. The van der Waals surface area contributed by atoms with Gasteiger partial charge in [-0.1, -0.05) is 54.0 Å². The van der Waals surface area contributed by atoms with Crippen LogP contribution in [0.4, 0.5) is 5.69 Å². The molecule has 1 N–H and O–H groups in total. The van der Waals surface area contributed by atoms with E-state index in [1.54, 1.807) is 18.2 Å². The predicted molar refractivity (Wildman–Crippen MR) is 99.0 cm³/mol. The number of halogens is 2. The number of carbonyl (C=O) groups excluding carboxylic acids is 1. The SMILES string of the molecule is CCC(Sc1nc2ccccc2o1)C(=O)Nc1ccc(Cl)c(Cl)c1. The van der Waals surface area contributed by atoms with Gasteiger partial charge in [0.2, 0.25) is 5.91 Å². The highest BCUT2D eigenvalue weighted by Crippen LogP contribution is 2.30. The molecule has 0 radical (unpaired) electrons. The summed E-state index contributed by atoms with van der Waals surface area (Å²) in [6, 6.07) is 12.5. The first-order valence-corrected chi connectivity index (χ1v) is 8.98. The maximum absolute atomic E-state index is 12.5. The van der Waals surface area contributed by atoms with Crippen LogP contribution in [0.25, 0.3) is 11.1 Å². The summed E-state index contributed by atoms with van der Waals surface area (Å²) >= 11 is 13.2. The molecule has 0 saturated carbocycles. The van der Waals surface area contributed by atoms with Crippen LogP contribution < -0.4 is 5.32 Å². The summed E-state index contributed by atoms with van der Waals surface area (Å²) in [5, 5.41) is 3.84. The molecule has 0 saturated heterocycles. The van der Waals surface area contributed by atoms with E-state index in [0.717, 1.165) is 5.52 Å². The third-order valence-electron chi connectivity index (χ3n) is 3.37. The van der Waals surface area contributed by atoms with Crippen LogP contribution in [0.2, 0.25) is 10.0 Å². The van der Waals surface area contributed by atoms with E-state index < -0.39 is 0 Å². The van der Waals surface area contributed by atoms with E-state index in [9.17, 15) is 4.79 Å². The van der Waals surface area contributed by atoms with Crippen molar-refractivity contribution in [1.82, 2.24) is 4.98 Å². The van der Waals surface area contributed by atoms with Crippen LogP contribution >= 0.6 is 35.0 Å². The van der Waals surface area contributed by atoms with Gasteiger partial charge in [-0.15, -0.1) is 0 Å². The van der Waals surface area contributed by atoms with Gasteiger partial charge < -0.3 is 9.73 Å². The molecular formula is C17H14Cl2N2O2S. The Kier molecular flexibility index (Phi) is 5.33. The van der Waals surface area contributed by atoms with Crippen molar-refractivity contribution in [2.45, 2.75) is 23.8 Å². The summed E-state index contributed by atoms with van der Waals surface area (Å²) < 4.78 is 5.67. The summed E-state index contributed by atoms with van der Waals surface area (Å²) in [5.74, 6) is -0.136. The van der Waals surface area contributed by atoms with Crippen molar-refractivity contribution in [3.63, 3.8) is 0 Å². The van der Waals surface area contributed by atoms with Gasteiger partial charge in [0.25, 0.3) is 5.22 Å². The van der Waals surface area contributed by atoms with Gasteiger partial charge in [-0.25, -0.2) is 4.98 Å². The topological polar surface area (TPSA) is 55.1 Å². The second-order valence-electron chi connectivity index (χ2n) is 5.08. The highest BCUT2D eigenvalue weighted by Gasteiger charge is 2.21. The number of benzene rings is 2. The number of hydrogen-bond acceptors (Lipinski definition) is 4. The van der Waals surface area contributed by atoms with Crippen molar-refractivity contribution in [1.29, 1.82) is 0 Å². The lowest BCUT2D eigenvalue weighted by Crippen LogP contribution is -2.24. The van der Waals surface area contributed by atoms with Gasteiger partial charge in [-0.3, -0.25) is 4.79 Å². The first kappa shape index (κ1) is 17.1. The number of nitrogens with one attached hydrogen (secondary N) is 1. The van der Waals surface area contributed by atoms with E-state index in [4.69, 9.17) is 27.6 Å². The van der Waals surface area contributed by atoms with Gasteiger partial charge in [-0.2, -0.15) is 0 Å². The average Bonchev–Trinajstić information content (AvgIpc) is 2.98. The maximum Gasteiger partial charge on any atom is 0.257 e. The average molecular weight is 381 g/mol. The summed E-state index contributed by atoms with van der Waals surface area (Å²) in [6.45, 7) is 1.94.